The van der Waals surface area contributed by atoms with Crippen LogP contribution in [0.3, 0.4) is 0 Å². The summed E-state index contributed by atoms with van der Waals surface area (Å²) in [6.45, 7) is 5.34. The molecule has 0 bridgehead atoms. The number of hydrogen-bond donors (Lipinski definition) is 1. The topological polar surface area (TPSA) is 62.7 Å². The fraction of sp³-hybridized carbons (Fsp3) is 0.571. The van der Waals surface area contributed by atoms with Gasteiger partial charge in [0.05, 0.1) is 6.61 Å². The van der Waals surface area contributed by atoms with Crippen molar-refractivity contribution in [3.8, 4) is 0 Å². The lowest BCUT2D eigenvalue weighted by molar-refractivity contribution is 0.0696. The van der Waals surface area contributed by atoms with Crippen molar-refractivity contribution in [1.29, 1.82) is 0 Å². The van der Waals surface area contributed by atoms with Gasteiger partial charge in [-0.1, -0.05) is 13.8 Å². The van der Waals surface area contributed by atoms with Crippen LogP contribution in [0.2, 0.25) is 0 Å². The van der Waals surface area contributed by atoms with Crippen LogP contribution in [0.15, 0.2) is 16.7 Å². The lowest BCUT2D eigenvalue weighted by Crippen LogP contribution is -2.38. The van der Waals surface area contributed by atoms with E-state index in [0.717, 1.165) is 12.8 Å². The van der Waals surface area contributed by atoms with E-state index in [1.807, 2.05) is 4.90 Å². The molecule has 0 aliphatic rings. The Bertz CT molecular complexity index is 450. The number of anilines is 1. The number of carbonyl (C=O) groups is 1. The first-order valence-electron chi connectivity index (χ1n) is 6.69. The summed E-state index contributed by atoms with van der Waals surface area (Å²) in [4.78, 5) is 17.8. The van der Waals surface area contributed by atoms with E-state index >= 15 is 0 Å². The van der Waals surface area contributed by atoms with Gasteiger partial charge in [0.25, 0.3) is 0 Å². The minimum absolute atomic E-state index is 0.211. The van der Waals surface area contributed by atoms with Crippen LogP contribution in [0.4, 0.5) is 5.82 Å². The molecule has 0 unspecified atom stereocenters. The fourth-order valence-corrected chi connectivity index (χ4v) is 2.53. The van der Waals surface area contributed by atoms with Gasteiger partial charge in [-0.15, -0.1) is 0 Å². The fourth-order valence-electron chi connectivity index (χ4n) is 2.20. The van der Waals surface area contributed by atoms with E-state index < -0.39 is 5.97 Å². The van der Waals surface area contributed by atoms with Crippen LogP contribution in [-0.2, 0) is 4.74 Å². The van der Waals surface area contributed by atoms with Gasteiger partial charge in [-0.2, -0.15) is 0 Å². The zero-order valence-electron chi connectivity index (χ0n) is 12.1. The number of aromatic nitrogens is 1. The molecule has 0 aliphatic heterocycles. The molecule has 1 aromatic rings. The van der Waals surface area contributed by atoms with Gasteiger partial charge in [-0.05, 0) is 34.8 Å². The largest absolute Gasteiger partial charge is 0.478 e. The number of nitrogens with zero attached hydrogens (tertiary/aromatic N) is 2. The van der Waals surface area contributed by atoms with E-state index in [0.29, 0.717) is 23.4 Å². The van der Waals surface area contributed by atoms with Crippen molar-refractivity contribution >= 4 is 27.7 Å². The third-order valence-corrected chi connectivity index (χ3v) is 3.69. The Hall–Kier alpha value is -1.14. The lowest BCUT2D eigenvalue weighted by Gasteiger charge is -2.32. The summed E-state index contributed by atoms with van der Waals surface area (Å²) in [5.41, 5.74) is 0.211. The molecule has 1 N–H and O–H groups in total. The number of pyridine rings is 1. The Kier molecular flexibility index (Phi) is 6.95. The molecule has 0 radical (unpaired) electrons. The van der Waals surface area contributed by atoms with Crippen LogP contribution in [0.5, 0.6) is 0 Å². The van der Waals surface area contributed by atoms with Gasteiger partial charge < -0.3 is 14.7 Å². The maximum absolute atomic E-state index is 11.4. The van der Waals surface area contributed by atoms with Crippen molar-refractivity contribution in [2.75, 3.05) is 25.2 Å². The van der Waals surface area contributed by atoms with Crippen molar-refractivity contribution in [2.24, 2.45) is 0 Å². The number of ether oxygens (including phenoxy) is 1. The number of hydrogen-bond acceptors (Lipinski definition) is 4. The van der Waals surface area contributed by atoms with Crippen molar-refractivity contribution in [3.05, 3.63) is 22.3 Å². The van der Waals surface area contributed by atoms with E-state index in [2.05, 4.69) is 34.8 Å². The SMILES string of the molecule is CCC(CC)N(CCOC)c1ncc(Br)cc1C(=O)O. The highest BCUT2D eigenvalue weighted by molar-refractivity contribution is 9.10. The van der Waals surface area contributed by atoms with E-state index in [1.54, 1.807) is 19.4 Å². The Morgan fingerprint density at radius 3 is 2.65 bits per heavy atom. The maximum atomic E-state index is 11.4. The van der Waals surface area contributed by atoms with E-state index in [9.17, 15) is 9.90 Å². The Labute approximate surface area is 128 Å². The molecule has 0 atom stereocenters. The van der Waals surface area contributed by atoms with Crippen LogP contribution < -0.4 is 4.90 Å². The number of aromatic carboxylic acids is 1. The van der Waals surface area contributed by atoms with Gasteiger partial charge in [-0.25, -0.2) is 9.78 Å². The molecule has 0 aliphatic carbocycles. The standard InChI is InChI=1S/C14H21BrN2O3/c1-4-11(5-2)17(6-7-20-3)13-12(14(18)19)8-10(15)9-16-13/h8-9,11H,4-7H2,1-3H3,(H,18,19). The summed E-state index contributed by atoms with van der Waals surface area (Å²) in [5, 5.41) is 9.37. The summed E-state index contributed by atoms with van der Waals surface area (Å²) >= 11 is 3.27. The van der Waals surface area contributed by atoms with Gasteiger partial charge in [0.15, 0.2) is 0 Å². The normalized spacial score (nSPS) is 10.8. The molecule has 1 aromatic heterocycles. The van der Waals surface area contributed by atoms with Crippen LogP contribution in [-0.4, -0.2) is 42.4 Å². The molecule has 112 valence electrons. The molecular weight excluding hydrogens is 324 g/mol. The molecule has 0 aromatic carbocycles. The third kappa shape index (κ3) is 4.18. The maximum Gasteiger partial charge on any atom is 0.339 e. The second kappa shape index (κ2) is 8.21. The molecule has 0 spiro atoms. The van der Waals surface area contributed by atoms with Crippen LogP contribution >= 0.6 is 15.9 Å². The minimum Gasteiger partial charge on any atom is -0.478 e. The summed E-state index contributed by atoms with van der Waals surface area (Å²) in [7, 11) is 1.64. The van der Waals surface area contributed by atoms with Crippen molar-refractivity contribution in [3.63, 3.8) is 0 Å². The first kappa shape index (κ1) is 16.9. The molecule has 0 amide bonds. The first-order valence-corrected chi connectivity index (χ1v) is 7.48. The molecule has 5 nitrogen and oxygen atoms in total. The van der Waals surface area contributed by atoms with E-state index in [-0.39, 0.29) is 11.6 Å². The van der Waals surface area contributed by atoms with Crippen molar-refractivity contribution in [2.45, 2.75) is 32.7 Å². The number of methoxy groups -OCH3 is 1. The number of rotatable bonds is 8. The van der Waals surface area contributed by atoms with Gasteiger partial charge in [-0.3, -0.25) is 0 Å². The minimum atomic E-state index is -0.970. The quantitative estimate of drug-likeness (QED) is 0.784. The molecule has 1 rings (SSSR count). The number of carboxylic acids is 1. The van der Waals surface area contributed by atoms with Crippen molar-refractivity contribution in [1.82, 2.24) is 4.98 Å². The highest BCUT2D eigenvalue weighted by atomic mass is 79.9. The molecule has 0 saturated carbocycles. The average Bonchev–Trinajstić information content (AvgIpc) is 2.43. The van der Waals surface area contributed by atoms with Gasteiger partial charge in [0.2, 0.25) is 0 Å². The molecular formula is C14H21BrN2O3. The average molecular weight is 345 g/mol. The predicted octanol–water partition coefficient (Wildman–Crippen LogP) is 3.18. The summed E-state index contributed by atoms with van der Waals surface area (Å²) in [6, 6.07) is 1.84. The zero-order chi connectivity index (χ0) is 15.1. The molecule has 6 heteroatoms. The monoisotopic (exact) mass is 344 g/mol. The van der Waals surface area contributed by atoms with Gasteiger partial charge >= 0.3 is 5.97 Å². The Balaban J connectivity index is 3.21. The highest BCUT2D eigenvalue weighted by Crippen LogP contribution is 2.25. The predicted molar refractivity (Wildman–Crippen MR) is 82.5 cm³/mol. The molecule has 0 fully saturated rings. The summed E-state index contributed by atoms with van der Waals surface area (Å²) in [5.74, 6) is -0.464. The smallest absolute Gasteiger partial charge is 0.339 e. The highest BCUT2D eigenvalue weighted by Gasteiger charge is 2.22. The van der Waals surface area contributed by atoms with Gasteiger partial charge in [0, 0.05) is 30.4 Å². The summed E-state index contributed by atoms with van der Waals surface area (Å²) in [6.07, 6.45) is 3.48. The van der Waals surface area contributed by atoms with Crippen LogP contribution in [0, 0.1) is 0 Å². The summed E-state index contributed by atoms with van der Waals surface area (Å²) < 4.78 is 5.79. The Morgan fingerprint density at radius 1 is 1.50 bits per heavy atom. The van der Waals surface area contributed by atoms with E-state index in [1.165, 1.54) is 0 Å². The van der Waals surface area contributed by atoms with Gasteiger partial charge in [0.1, 0.15) is 11.4 Å². The van der Waals surface area contributed by atoms with Crippen molar-refractivity contribution < 1.29 is 14.6 Å². The number of halogens is 1. The first-order chi connectivity index (χ1) is 9.54. The molecule has 0 saturated heterocycles. The van der Waals surface area contributed by atoms with Crippen LogP contribution in [0.25, 0.3) is 0 Å². The Morgan fingerprint density at radius 2 is 2.15 bits per heavy atom. The zero-order valence-corrected chi connectivity index (χ0v) is 13.7. The molecule has 1 heterocycles. The van der Waals surface area contributed by atoms with Crippen LogP contribution in [0.1, 0.15) is 37.0 Å². The second-order valence-electron chi connectivity index (χ2n) is 4.49. The lowest BCUT2D eigenvalue weighted by atomic mass is 10.1. The number of carboxylic acid groups (broad SMARTS) is 1. The second-order valence-corrected chi connectivity index (χ2v) is 5.40. The third-order valence-electron chi connectivity index (χ3n) is 3.26. The molecule has 20 heavy (non-hydrogen) atoms. The van der Waals surface area contributed by atoms with E-state index in [4.69, 9.17) is 4.74 Å².